The molecule has 0 aromatic heterocycles. The average Bonchev–Trinajstić information content (AvgIpc) is 3.13. The lowest BCUT2D eigenvalue weighted by atomic mass is 9.86. The highest BCUT2D eigenvalue weighted by Crippen LogP contribution is 2.36. The Morgan fingerprint density at radius 3 is 2.38 bits per heavy atom. The van der Waals surface area contributed by atoms with Crippen LogP contribution in [-0.4, -0.2) is 46.3 Å². The van der Waals surface area contributed by atoms with E-state index in [0.29, 0.717) is 13.1 Å². The first-order valence-electron chi connectivity index (χ1n) is 11.5. The molecule has 2 aromatic rings. The van der Waals surface area contributed by atoms with Gasteiger partial charge in [-0.3, -0.25) is 19.8 Å². The molecule has 2 aromatic carbocycles. The smallest absolute Gasteiger partial charge is 0.273 e. The topological polar surface area (TPSA) is 66.7 Å². The van der Waals surface area contributed by atoms with Crippen LogP contribution in [0, 0.1) is 28.9 Å². The molecule has 0 saturated carbocycles. The van der Waals surface area contributed by atoms with Gasteiger partial charge in [0.05, 0.1) is 4.92 Å². The lowest BCUT2D eigenvalue weighted by molar-refractivity contribution is -0.385. The second-order valence-corrected chi connectivity index (χ2v) is 9.54. The predicted octanol–water partition coefficient (Wildman–Crippen LogP) is 5.01. The van der Waals surface area contributed by atoms with Crippen LogP contribution in [0.4, 0.5) is 5.69 Å². The minimum absolute atomic E-state index is 0.0428. The summed E-state index contributed by atoms with van der Waals surface area (Å²) in [5.41, 5.74) is 3.47. The van der Waals surface area contributed by atoms with Crippen molar-refractivity contribution in [3.05, 3.63) is 75.3 Å². The summed E-state index contributed by atoms with van der Waals surface area (Å²) < 4.78 is 0. The minimum atomic E-state index is -0.302. The molecule has 0 spiro atoms. The van der Waals surface area contributed by atoms with Crippen molar-refractivity contribution < 1.29 is 9.72 Å². The highest BCUT2D eigenvalue weighted by Gasteiger charge is 2.37. The van der Waals surface area contributed by atoms with Crippen molar-refractivity contribution in [2.24, 2.45) is 11.8 Å². The van der Waals surface area contributed by atoms with Crippen molar-refractivity contribution in [2.75, 3.05) is 19.6 Å². The van der Waals surface area contributed by atoms with Gasteiger partial charge in [-0.2, -0.15) is 0 Å². The Morgan fingerprint density at radius 1 is 1.09 bits per heavy atom. The van der Waals surface area contributed by atoms with E-state index < -0.39 is 0 Å². The number of likely N-dealkylation sites (tertiary alicyclic amines) is 1. The van der Waals surface area contributed by atoms with Gasteiger partial charge in [-0.25, -0.2) is 0 Å². The zero-order chi connectivity index (χ0) is 23.4. The zero-order valence-corrected chi connectivity index (χ0v) is 19.8. The third kappa shape index (κ3) is 5.36. The van der Waals surface area contributed by atoms with Gasteiger partial charge in [0.2, 0.25) is 5.91 Å². The summed E-state index contributed by atoms with van der Waals surface area (Å²) in [5.74, 6) is 0.684. The van der Waals surface area contributed by atoms with Gasteiger partial charge in [0, 0.05) is 55.7 Å². The van der Waals surface area contributed by atoms with E-state index in [2.05, 4.69) is 49.9 Å². The van der Waals surface area contributed by atoms with Gasteiger partial charge in [0.25, 0.3) is 5.69 Å². The Labute approximate surface area is 191 Å². The van der Waals surface area contributed by atoms with E-state index in [4.69, 9.17) is 0 Å². The Balaban J connectivity index is 1.89. The summed E-state index contributed by atoms with van der Waals surface area (Å²) in [6.07, 6.45) is 0. The van der Waals surface area contributed by atoms with Crippen LogP contribution < -0.4 is 0 Å². The molecule has 0 bridgehead atoms. The molecular formula is C26H35N3O3. The van der Waals surface area contributed by atoms with E-state index in [0.717, 1.165) is 18.7 Å². The van der Waals surface area contributed by atoms with E-state index in [-0.39, 0.29) is 40.3 Å². The van der Waals surface area contributed by atoms with E-state index in [1.54, 1.807) is 12.1 Å². The maximum Gasteiger partial charge on any atom is 0.273 e. The summed E-state index contributed by atoms with van der Waals surface area (Å²) in [5, 5.41) is 11.5. The Bertz CT molecular complexity index is 957. The highest BCUT2D eigenvalue weighted by molar-refractivity contribution is 5.78. The van der Waals surface area contributed by atoms with E-state index in [9.17, 15) is 14.9 Å². The molecule has 6 nitrogen and oxygen atoms in total. The van der Waals surface area contributed by atoms with Crippen LogP contribution in [0.15, 0.2) is 48.5 Å². The lowest BCUT2D eigenvalue weighted by Gasteiger charge is -2.33. The molecule has 32 heavy (non-hydrogen) atoms. The van der Waals surface area contributed by atoms with Gasteiger partial charge >= 0.3 is 0 Å². The Hall–Kier alpha value is -2.73. The van der Waals surface area contributed by atoms with Crippen LogP contribution >= 0.6 is 0 Å². The summed E-state index contributed by atoms with van der Waals surface area (Å²) in [6, 6.07) is 15.6. The van der Waals surface area contributed by atoms with Crippen LogP contribution in [0.5, 0.6) is 0 Å². The monoisotopic (exact) mass is 437 g/mol. The fraction of sp³-hybridized carbons (Fsp3) is 0.500. The molecule has 1 heterocycles. The van der Waals surface area contributed by atoms with Crippen molar-refractivity contribution >= 4 is 11.6 Å². The SMILES string of the molecule is Cc1ccccc1C1CN(Cc2ccccc2[N+](=O)[O-])CC1CN(C(=O)C(C)C)C(C)C. The number of aryl methyl sites for hydroxylation is 1. The third-order valence-corrected chi connectivity index (χ3v) is 6.52. The fourth-order valence-electron chi connectivity index (χ4n) is 4.83. The summed E-state index contributed by atoms with van der Waals surface area (Å²) in [7, 11) is 0. The zero-order valence-electron chi connectivity index (χ0n) is 19.8. The molecule has 1 amide bonds. The third-order valence-electron chi connectivity index (χ3n) is 6.52. The summed E-state index contributed by atoms with van der Waals surface area (Å²) in [6.45, 7) is 13.0. The van der Waals surface area contributed by atoms with Crippen LogP contribution in [0.25, 0.3) is 0 Å². The lowest BCUT2D eigenvalue weighted by Crippen LogP contribution is -2.43. The maximum absolute atomic E-state index is 12.9. The fourth-order valence-corrected chi connectivity index (χ4v) is 4.83. The average molecular weight is 438 g/mol. The summed E-state index contributed by atoms with van der Waals surface area (Å²) >= 11 is 0. The molecular weight excluding hydrogens is 402 g/mol. The molecule has 0 radical (unpaired) electrons. The van der Waals surface area contributed by atoms with Crippen molar-refractivity contribution in [1.29, 1.82) is 0 Å². The molecule has 2 atom stereocenters. The molecule has 3 rings (SSSR count). The molecule has 1 fully saturated rings. The van der Waals surface area contributed by atoms with E-state index in [1.807, 2.05) is 30.9 Å². The number of hydrogen-bond acceptors (Lipinski definition) is 4. The van der Waals surface area contributed by atoms with Gasteiger partial charge in [0.1, 0.15) is 0 Å². The number of hydrogen-bond donors (Lipinski definition) is 0. The predicted molar refractivity (Wildman–Crippen MR) is 127 cm³/mol. The number of carbonyl (C=O) groups is 1. The normalized spacial score (nSPS) is 19.0. The van der Waals surface area contributed by atoms with Gasteiger partial charge < -0.3 is 4.90 Å². The number of nitrogens with zero attached hydrogens (tertiary/aromatic N) is 3. The highest BCUT2D eigenvalue weighted by atomic mass is 16.6. The first-order chi connectivity index (χ1) is 15.2. The number of nitro benzene ring substituents is 1. The molecule has 2 unspecified atom stereocenters. The second-order valence-electron chi connectivity index (χ2n) is 9.54. The van der Waals surface area contributed by atoms with Gasteiger partial charge in [-0.15, -0.1) is 0 Å². The number of amides is 1. The molecule has 6 heteroatoms. The van der Waals surface area contributed by atoms with Crippen LogP contribution in [0.2, 0.25) is 0 Å². The van der Waals surface area contributed by atoms with E-state index in [1.165, 1.54) is 11.1 Å². The molecule has 1 aliphatic heterocycles. The Morgan fingerprint density at radius 2 is 1.75 bits per heavy atom. The Kier molecular flexibility index (Phi) is 7.67. The first-order valence-corrected chi connectivity index (χ1v) is 11.5. The molecule has 172 valence electrons. The number of nitro groups is 1. The quantitative estimate of drug-likeness (QED) is 0.430. The molecule has 1 aliphatic rings. The molecule has 1 saturated heterocycles. The second kappa shape index (κ2) is 10.3. The molecule has 0 N–H and O–H groups in total. The number of para-hydroxylation sites is 1. The van der Waals surface area contributed by atoms with Gasteiger partial charge in [-0.05, 0) is 37.8 Å². The standard InChI is InChI=1S/C26H35N3O3/c1-18(2)26(30)28(19(3)4)16-22-15-27(14-21-11-7-9-13-25(21)29(31)32)17-24(22)23-12-8-6-10-20(23)5/h6-13,18-19,22,24H,14-17H2,1-5H3. The first kappa shape index (κ1) is 23.9. The van der Waals surface area contributed by atoms with Crippen LogP contribution in [-0.2, 0) is 11.3 Å². The summed E-state index contributed by atoms with van der Waals surface area (Å²) in [4.78, 5) is 28.4. The van der Waals surface area contributed by atoms with Crippen molar-refractivity contribution in [3.63, 3.8) is 0 Å². The molecule has 0 aliphatic carbocycles. The minimum Gasteiger partial charge on any atom is -0.340 e. The van der Waals surface area contributed by atoms with Crippen LogP contribution in [0.1, 0.15) is 50.3 Å². The number of benzene rings is 2. The van der Waals surface area contributed by atoms with E-state index >= 15 is 0 Å². The largest absolute Gasteiger partial charge is 0.340 e. The van der Waals surface area contributed by atoms with Crippen molar-refractivity contribution in [2.45, 2.75) is 53.1 Å². The van der Waals surface area contributed by atoms with Crippen molar-refractivity contribution in [1.82, 2.24) is 9.80 Å². The number of carbonyl (C=O) groups excluding carboxylic acids is 1. The van der Waals surface area contributed by atoms with Crippen molar-refractivity contribution in [3.8, 4) is 0 Å². The van der Waals surface area contributed by atoms with Gasteiger partial charge in [-0.1, -0.05) is 56.3 Å². The van der Waals surface area contributed by atoms with Crippen LogP contribution in [0.3, 0.4) is 0 Å². The van der Waals surface area contributed by atoms with Gasteiger partial charge in [0.15, 0.2) is 0 Å². The maximum atomic E-state index is 12.9. The number of rotatable bonds is 8.